The van der Waals surface area contributed by atoms with Crippen molar-refractivity contribution in [2.24, 2.45) is 23.7 Å². The third-order valence-electron chi connectivity index (χ3n) is 6.26. The molecule has 0 aliphatic heterocycles. The molecule has 0 spiro atoms. The topological polar surface area (TPSA) is 26.3 Å². The van der Waals surface area contributed by atoms with Crippen LogP contribution >= 0.6 is 0 Å². The van der Waals surface area contributed by atoms with Crippen molar-refractivity contribution in [3.8, 4) is 5.75 Å². The smallest absolute Gasteiger partial charge is 0.314 e. The summed E-state index contributed by atoms with van der Waals surface area (Å²) in [5.41, 5.74) is 1.19. The van der Waals surface area contributed by atoms with Gasteiger partial charge < -0.3 is 4.74 Å². The average molecular weight is 328 g/mol. The fourth-order valence-corrected chi connectivity index (χ4v) is 4.76. The summed E-state index contributed by atoms with van der Waals surface area (Å²) in [5, 5.41) is 0. The summed E-state index contributed by atoms with van der Waals surface area (Å²) in [5.74, 6) is 3.36. The van der Waals surface area contributed by atoms with E-state index >= 15 is 0 Å². The second-order valence-corrected chi connectivity index (χ2v) is 8.09. The summed E-state index contributed by atoms with van der Waals surface area (Å²) >= 11 is 0. The molecule has 3 rings (SSSR count). The number of ether oxygens (including phenoxy) is 1. The van der Waals surface area contributed by atoms with Crippen LogP contribution in [0.2, 0.25) is 0 Å². The van der Waals surface area contributed by atoms with Gasteiger partial charge in [0.15, 0.2) is 0 Å². The summed E-state index contributed by atoms with van der Waals surface area (Å²) in [6.45, 7) is 4.33. The van der Waals surface area contributed by atoms with E-state index in [4.69, 9.17) is 4.74 Å². The van der Waals surface area contributed by atoms with E-state index in [1.54, 1.807) is 0 Å². The quantitative estimate of drug-likeness (QED) is 0.495. The highest BCUT2D eigenvalue weighted by Gasteiger charge is 2.38. The van der Waals surface area contributed by atoms with E-state index < -0.39 is 0 Å². The van der Waals surface area contributed by atoms with Crippen molar-refractivity contribution in [3.63, 3.8) is 0 Å². The third-order valence-corrected chi connectivity index (χ3v) is 6.26. The lowest BCUT2D eigenvalue weighted by Crippen LogP contribution is -2.35. The summed E-state index contributed by atoms with van der Waals surface area (Å²) < 4.78 is 5.62. The molecule has 0 heterocycles. The SMILES string of the molecule is CCCCC1CCC2C[C@H](C(=O)Oc3ccc(C)cc3)CC[C@@H]2C1. The molecule has 0 radical (unpaired) electrons. The zero-order valence-corrected chi connectivity index (χ0v) is 15.3. The largest absolute Gasteiger partial charge is 0.426 e. The number of rotatable bonds is 5. The fourth-order valence-electron chi connectivity index (χ4n) is 4.76. The average Bonchev–Trinajstić information content (AvgIpc) is 2.61. The van der Waals surface area contributed by atoms with E-state index in [9.17, 15) is 4.79 Å². The van der Waals surface area contributed by atoms with Crippen molar-refractivity contribution in [1.29, 1.82) is 0 Å². The maximum atomic E-state index is 12.5. The first-order chi connectivity index (χ1) is 11.7. The van der Waals surface area contributed by atoms with Gasteiger partial charge in [-0.15, -0.1) is 0 Å². The molecule has 0 saturated heterocycles. The van der Waals surface area contributed by atoms with Gasteiger partial charge in [-0.05, 0) is 68.9 Å². The van der Waals surface area contributed by atoms with Gasteiger partial charge in [0.25, 0.3) is 0 Å². The minimum atomic E-state index is -0.00888. The van der Waals surface area contributed by atoms with Gasteiger partial charge in [-0.1, -0.05) is 50.3 Å². The number of carbonyl (C=O) groups excluding carboxylic acids is 1. The number of esters is 1. The number of aryl methyl sites for hydroxylation is 1. The van der Waals surface area contributed by atoms with E-state index in [0.717, 1.165) is 30.6 Å². The molecule has 2 fully saturated rings. The molecule has 1 aromatic carbocycles. The molecular formula is C22H32O2. The first-order valence-corrected chi connectivity index (χ1v) is 9.94. The standard InChI is InChI=1S/C22H32O2/c1-3-4-5-17-8-9-19-15-20(11-10-18(19)14-17)22(23)24-21-12-6-16(2)7-13-21/h6-7,12-13,17-20H,3-5,8-11,14-15H2,1-2H3/t17?,18-,19?,20-/m1/s1. The van der Waals surface area contributed by atoms with E-state index in [0.29, 0.717) is 5.75 Å². The van der Waals surface area contributed by atoms with Gasteiger partial charge in [0.1, 0.15) is 5.75 Å². The molecule has 24 heavy (non-hydrogen) atoms. The summed E-state index contributed by atoms with van der Waals surface area (Å²) in [4.78, 5) is 12.5. The minimum absolute atomic E-state index is 0.00888. The second kappa shape index (κ2) is 8.18. The lowest BCUT2D eigenvalue weighted by Gasteiger charge is -2.41. The van der Waals surface area contributed by atoms with Crippen LogP contribution in [-0.4, -0.2) is 5.97 Å². The van der Waals surface area contributed by atoms with Crippen LogP contribution in [0, 0.1) is 30.6 Å². The number of hydrogen-bond donors (Lipinski definition) is 0. The van der Waals surface area contributed by atoms with Crippen LogP contribution in [0.3, 0.4) is 0 Å². The molecule has 2 aliphatic rings. The van der Waals surface area contributed by atoms with Crippen molar-refractivity contribution in [3.05, 3.63) is 29.8 Å². The zero-order valence-electron chi connectivity index (χ0n) is 15.3. The van der Waals surface area contributed by atoms with Crippen molar-refractivity contribution in [2.45, 2.75) is 71.6 Å². The van der Waals surface area contributed by atoms with Crippen LogP contribution in [0.25, 0.3) is 0 Å². The molecule has 1 aromatic rings. The highest BCUT2D eigenvalue weighted by atomic mass is 16.5. The van der Waals surface area contributed by atoms with E-state index in [1.165, 1.54) is 50.5 Å². The van der Waals surface area contributed by atoms with Gasteiger partial charge in [0, 0.05) is 0 Å². The van der Waals surface area contributed by atoms with Crippen LogP contribution in [-0.2, 0) is 4.79 Å². The van der Waals surface area contributed by atoms with Crippen LogP contribution in [0.5, 0.6) is 5.75 Å². The van der Waals surface area contributed by atoms with Crippen molar-refractivity contribution >= 4 is 5.97 Å². The number of carbonyl (C=O) groups is 1. The third kappa shape index (κ3) is 4.40. The van der Waals surface area contributed by atoms with Crippen LogP contribution in [0.4, 0.5) is 0 Å². The van der Waals surface area contributed by atoms with E-state index in [-0.39, 0.29) is 11.9 Å². The number of benzene rings is 1. The highest BCUT2D eigenvalue weighted by molar-refractivity contribution is 5.75. The Balaban J connectivity index is 1.50. The highest BCUT2D eigenvalue weighted by Crippen LogP contribution is 2.46. The summed E-state index contributed by atoms with van der Waals surface area (Å²) in [6, 6.07) is 7.80. The molecule has 132 valence electrons. The van der Waals surface area contributed by atoms with Crippen molar-refractivity contribution in [2.75, 3.05) is 0 Å². The Morgan fingerprint density at radius 2 is 1.75 bits per heavy atom. The Morgan fingerprint density at radius 1 is 1.04 bits per heavy atom. The maximum absolute atomic E-state index is 12.5. The zero-order chi connectivity index (χ0) is 16.9. The number of unbranched alkanes of at least 4 members (excludes halogenated alkanes) is 1. The van der Waals surface area contributed by atoms with Gasteiger partial charge in [0.2, 0.25) is 0 Å². The fraction of sp³-hybridized carbons (Fsp3) is 0.682. The Kier molecular flexibility index (Phi) is 5.97. The Labute approximate surface area is 147 Å². The first-order valence-electron chi connectivity index (χ1n) is 9.94. The summed E-state index contributed by atoms with van der Waals surface area (Å²) in [7, 11) is 0. The molecule has 2 heteroatoms. The molecule has 0 bridgehead atoms. The predicted molar refractivity (Wildman–Crippen MR) is 98.0 cm³/mol. The molecule has 2 saturated carbocycles. The van der Waals surface area contributed by atoms with Crippen molar-refractivity contribution < 1.29 is 9.53 Å². The van der Waals surface area contributed by atoms with E-state index in [1.807, 2.05) is 31.2 Å². The lowest BCUT2D eigenvalue weighted by atomic mass is 9.64. The molecule has 0 amide bonds. The molecule has 4 atom stereocenters. The molecule has 2 unspecified atom stereocenters. The Bertz CT molecular complexity index is 533. The normalized spacial score (nSPS) is 29.8. The van der Waals surface area contributed by atoms with Gasteiger partial charge in [-0.25, -0.2) is 0 Å². The summed E-state index contributed by atoms with van der Waals surface area (Å²) in [6.07, 6.45) is 11.5. The van der Waals surface area contributed by atoms with Crippen LogP contribution < -0.4 is 4.74 Å². The molecule has 0 aromatic heterocycles. The van der Waals surface area contributed by atoms with Gasteiger partial charge in [-0.2, -0.15) is 0 Å². The monoisotopic (exact) mass is 328 g/mol. The van der Waals surface area contributed by atoms with Crippen LogP contribution in [0.1, 0.15) is 70.3 Å². The van der Waals surface area contributed by atoms with E-state index in [2.05, 4.69) is 6.92 Å². The first kappa shape index (κ1) is 17.5. The molecule has 2 aliphatic carbocycles. The minimum Gasteiger partial charge on any atom is -0.426 e. The molecular weight excluding hydrogens is 296 g/mol. The Morgan fingerprint density at radius 3 is 2.50 bits per heavy atom. The molecule has 2 nitrogen and oxygen atoms in total. The second-order valence-electron chi connectivity index (χ2n) is 8.09. The van der Waals surface area contributed by atoms with Gasteiger partial charge in [-0.3, -0.25) is 4.79 Å². The maximum Gasteiger partial charge on any atom is 0.314 e. The van der Waals surface area contributed by atoms with Gasteiger partial charge >= 0.3 is 5.97 Å². The van der Waals surface area contributed by atoms with Crippen molar-refractivity contribution in [1.82, 2.24) is 0 Å². The van der Waals surface area contributed by atoms with Gasteiger partial charge in [0.05, 0.1) is 5.92 Å². The lowest BCUT2D eigenvalue weighted by molar-refractivity contribution is -0.141. The number of fused-ring (bicyclic) bond motifs is 1. The Hall–Kier alpha value is -1.31. The van der Waals surface area contributed by atoms with Crippen LogP contribution in [0.15, 0.2) is 24.3 Å². The molecule has 0 N–H and O–H groups in total. The number of hydrogen-bond acceptors (Lipinski definition) is 2. The predicted octanol–water partition coefficient (Wildman–Crippen LogP) is 5.92.